The Labute approximate surface area is 171 Å². The van der Waals surface area contributed by atoms with Gasteiger partial charge in [0.05, 0.1) is 31.4 Å². The predicted octanol–water partition coefficient (Wildman–Crippen LogP) is 4.31. The van der Waals surface area contributed by atoms with Crippen molar-refractivity contribution < 1.29 is 19.4 Å². The SMILES string of the molecule is COc1cc(C(=O)C=Cc2ccc(OC)c(Cn3cc(Br)cn3)c2)ccc1O. The normalized spacial score (nSPS) is 11.0. The maximum Gasteiger partial charge on any atom is 0.185 e. The molecular formula is C21H19BrN2O4. The van der Waals surface area contributed by atoms with Gasteiger partial charge >= 0.3 is 0 Å². The van der Waals surface area contributed by atoms with E-state index in [0.29, 0.717) is 12.1 Å². The molecule has 0 spiro atoms. The zero-order valence-electron chi connectivity index (χ0n) is 15.4. The van der Waals surface area contributed by atoms with Gasteiger partial charge in [-0.25, -0.2) is 0 Å². The highest BCUT2D eigenvalue weighted by Gasteiger charge is 2.09. The first-order valence-corrected chi connectivity index (χ1v) is 9.23. The zero-order chi connectivity index (χ0) is 20.1. The lowest BCUT2D eigenvalue weighted by molar-refractivity contribution is 0.104. The second-order valence-corrected chi connectivity index (χ2v) is 6.93. The minimum Gasteiger partial charge on any atom is -0.504 e. The largest absolute Gasteiger partial charge is 0.504 e. The number of ketones is 1. The number of aromatic nitrogens is 2. The molecule has 28 heavy (non-hydrogen) atoms. The van der Waals surface area contributed by atoms with Gasteiger partial charge in [0.2, 0.25) is 0 Å². The number of benzene rings is 2. The maximum atomic E-state index is 12.4. The number of phenols is 1. The van der Waals surface area contributed by atoms with Crippen LogP contribution >= 0.6 is 15.9 Å². The van der Waals surface area contributed by atoms with E-state index in [2.05, 4.69) is 21.0 Å². The van der Waals surface area contributed by atoms with Crippen LogP contribution in [0.15, 0.2) is 59.3 Å². The van der Waals surface area contributed by atoms with Crippen molar-refractivity contribution in [2.24, 2.45) is 0 Å². The number of nitrogens with zero attached hydrogens (tertiary/aromatic N) is 2. The standard InChI is InChI=1S/C21H19BrN2O4/c1-27-20-8-4-14(9-16(20)12-24-13-17(22)11-23-24)3-6-18(25)15-5-7-19(26)21(10-15)28-2/h3-11,13,26H,12H2,1-2H3. The first-order chi connectivity index (χ1) is 13.5. The van der Waals surface area contributed by atoms with Crippen LogP contribution < -0.4 is 9.47 Å². The van der Waals surface area contributed by atoms with Crippen LogP contribution in [0.2, 0.25) is 0 Å². The summed E-state index contributed by atoms with van der Waals surface area (Å²) in [6.07, 6.45) is 6.83. The van der Waals surface area contributed by atoms with E-state index in [1.54, 1.807) is 30.1 Å². The van der Waals surface area contributed by atoms with E-state index in [1.165, 1.54) is 25.3 Å². The number of methoxy groups -OCH3 is 2. The molecule has 0 aliphatic heterocycles. The average Bonchev–Trinajstić information content (AvgIpc) is 3.11. The number of carbonyl (C=O) groups excluding carboxylic acids is 1. The molecule has 2 aromatic carbocycles. The number of ether oxygens (including phenoxy) is 2. The number of halogens is 1. The van der Waals surface area contributed by atoms with Crippen LogP contribution in [0.25, 0.3) is 6.08 Å². The molecule has 0 fully saturated rings. The Morgan fingerprint density at radius 1 is 1.18 bits per heavy atom. The maximum absolute atomic E-state index is 12.4. The number of allylic oxidation sites excluding steroid dienone is 1. The molecule has 0 saturated heterocycles. The molecule has 0 unspecified atom stereocenters. The van der Waals surface area contributed by atoms with Crippen LogP contribution in [-0.4, -0.2) is 34.9 Å². The van der Waals surface area contributed by atoms with Gasteiger partial charge in [-0.15, -0.1) is 0 Å². The molecule has 7 heteroatoms. The van der Waals surface area contributed by atoms with Gasteiger partial charge in [-0.1, -0.05) is 12.1 Å². The van der Waals surface area contributed by atoms with Crippen LogP contribution in [-0.2, 0) is 6.54 Å². The third-order valence-electron chi connectivity index (χ3n) is 4.13. The van der Waals surface area contributed by atoms with Crippen LogP contribution in [0.4, 0.5) is 0 Å². The van der Waals surface area contributed by atoms with E-state index in [4.69, 9.17) is 9.47 Å². The van der Waals surface area contributed by atoms with E-state index < -0.39 is 0 Å². The predicted molar refractivity (Wildman–Crippen MR) is 110 cm³/mol. The Balaban J connectivity index is 1.81. The molecule has 6 nitrogen and oxygen atoms in total. The van der Waals surface area contributed by atoms with Crippen molar-refractivity contribution in [3.05, 3.63) is 76.0 Å². The molecule has 1 heterocycles. The molecule has 3 aromatic rings. The Kier molecular flexibility index (Phi) is 6.16. The molecule has 144 valence electrons. The summed E-state index contributed by atoms with van der Waals surface area (Å²) in [5.74, 6) is 0.814. The number of hydrogen-bond acceptors (Lipinski definition) is 5. The highest BCUT2D eigenvalue weighted by molar-refractivity contribution is 9.10. The quantitative estimate of drug-likeness (QED) is 0.435. The molecule has 0 aliphatic rings. The summed E-state index contributed by atoms with van der Waals surface area (Å²) in [4.78, 5) is 12.4. The van der Waals surface area contributed by atoms with Crippen LogP contribution in [0.3, 0.4) is 0 Å². The molecule has 1 N–H and O–H groups in total. The van der Waals surface area contributed by atoms with Gasteiger partial charge in [0.15, 0.2) is 17.3 Å². The van der Waals surface area contributed by atoms with E-state index in [-0.39, 0.29) is 17.3 Å². The average molecular weight is 443 g/mol. The smallest absolute Gasteiger partial charge is 0.185 e. The van der Waals surface area contributed by atoms with Gasteiger partial charge in [-0.05, 0) is 57.9 Å². The Morgan fingerprint density at radius 3 is 2.64 bits per heavy atom. The summed E-state index contributed by atoms with van der Waals surface area (Å²) in [6, 6.07) is 10.2. The van der Waals surface area contributed by atoms with Crippen molar-refractivity contribution in [3.8, 4) is 17.2 Å². The van der Waals surface area contributed by atoms with E-state index in [9.17, 15) is 9.90 Å². The van der Waals surface area contributed by atoms with Crippen molar-refractivity contribution in [1.29, 1.82) is 0 Å². The first-order valence-electron chi connectivity index (χ1n) is 8.44. The number of aromatic hydroxyl groups is 1. The fraction of sp³-hybridized carbons (Fsp3) is 0.143. The minimum atomic E-state index is -0.188. The molecule has 0 atom stereocenters. The molecule has 0 amide bonds. The Hall–Kier alpha value is -3.06. The highest BCUT2D eigenvalue weighted by Crippen LogP contribution is 2.27. The molecule has 3 rings (SSSR count). The van der Waals surface area contributed by atoms with Crippen LogP contribution in [0, 0.1) is 0 Å². The first kappa shape index (κ1) is 19.7. The lowest BCUT2D eigenvalue weighted by Crippen LogP contribution is -2.02. The summed E-state index contributed by atoms with van der Waals surface area (Å²) in [5, 5.41) is 13.9. The number of hydrogen-bond donors (Lipinski definition) is 1. The summed E-state index contributed by atoms with van der Waals surface area (Å²) < 4.78 is 13.2. The molecular weight excluding hydrogens is 424 g/mol. The minimum absolute atomic E-state index is 0.00640. The van der Waals surface area contributed by atoms with E-state index in [1.807, 2.05) is 24.4 Å². The monoisotopic (exact) mass is 442 g/mol. The molecule has 0 saturated carbocycles. The summed E-state index contributed by atoms with van der Waals surface area (Å²) in [7, 11) is 3.06. The highest BCUT2D eigenvalue weighted by atomic mass is 79.9. The molecule has 0 aliphatic carbocycles. The van der Waals surface area contributed by atoms with Crippen LogP contribution in [0.5, 0.6) is 17.2 Å². The van der Waals surface area contributed by atoms with Crippen molar-refractivity contribution in [3.63, 3.8) is 0 Å². The number of phenolic OH excluding ortho intramolecular Hbond substituents is 1. The van der Waals surface area contributed by atoms with E-state index >= 15 is 0 Å². The van der Waals surface area contributed by atoms with Crippen molar-refractivity contribution in [2.75, 3.05) is 14.2 Å². The second kappa shape index (κ2) is 8.75. The molecule has 0 bridgehead atoms. The Bertz CT molecular complexity index is 1030. The van der Waals surface area contributed by atoms with Gasteiger partial charge in [0.25, 0.3) is 0 Å². The fourth-order valence-corrected chi connectivity index (χ4v) is 3.05. The number of rotatable bonds is 7. The summed E-state index contributed by atoms with van der Waals surface area (Å²) in [6.45, 7) is 0.541. The van der Waals surface area contributed by atoms with Gasteiger partial charge in [-0.2, -0.15) is 5.10 Å². The van der Waals surface area contributed by atoms with E-state index in [0.717, 1.165) is 21.3 Å². The fourth-order valence-electron chi connectivity index (χ4n) is 2.72. The molecule has 0 radical (unpaired) electrons. The Morgan fingerprint density at radius 2 is 1.96 bits per heavy atom. The summed E-state index contributed by atoms with van der Waals surface area (Å²) in [5.41, 5.74) is 2.24. The zero-order valence-corrected chi connectivity index (χ0v) is 17.0. The molecule has 1 aromatic heterocycles. The van der Waals surface area contributed by atoms with Crippen LogP contribution in [0.1, 0.15) is 21.5 Å². The van der Waals surface area contributed by atoms with Gasteiger partial charge in [-0.3, -0.25) is 9.48 Å². The van der Waals surface area contributed by atoms with Crippen molar-refractivity contribution in [2.45, 2.75) is 6.54 Å². The third-order valence-corrected chi connectivity index (χ3v) is 4.54. The topological polar surface area (TPSA) is 73.6 Å². The lowest BCUT2D eigenvalue weighted by Gasteiger charge is -2.10. The summed E-state index contributed by atoms with van der Waals surface area (Å²) >= 11 is 3.39. The second-order valence-electron chi connectivity index (χ2n) is 6.01. The lowest BCUT2D eigenvalue weighted by atomic mass is 10.1. The van der Waals surface area contributed by atoms with Gasteiger partial charge in [0, 0.05) is 17.3 Å². The number of carbonyl (C=O) groups is 1. The third kappa shape index (κ3) is 4.61. The van der Waals surface area contributed by atoms with Gasteiger partial charge < -0.3 is 14.6 Å². The van der Waals surface area contributed by atoms with Crippen molar-refractivity contribution >= 4 is 27.8 Å². The van der Waals surface area contributed by atoms with Crippen molar-refractivity contribution in [1.82, 2.24) is 9.78 Å². The van der Waals surface area contributed by atoms with Gasteiger partial charge in [0.1, 0.15) is 5.75 Å².